The van der Waals surface area contributed by atoms with Crippen molar-refractivity contribution in [1.82, 2.24) is 0 Å². The van der Waals surface area contributed by atoms with Crippen molar-refractivity contribution in [2.75, 3.05) is 0 Å². The Bertz CT molecular complexity index is 1070. The van der Waals surface area contributed by atoms with Crippen LogP contribution >= 0.6 is 0 Å². The van der Waals surface area contributed by atoms with Crippen LogP contribution in [0.4, 0.5) is 0 Å². The number of aliphatic carboxylic acids is 4. The third-order valence-corrected chi connectivity index (χ3v) is 8.61. The molecule has 0 fully saturated rings. The van der Waals surface area contributed by atoms with Crippen LogP contribution in [0.2, 0.25) is 0 Å². The summed E-state index contributed by atoms with van der Waals surface area (Å²) >= 11 is 0. The largest absolute Gasteiger partial charge is 0.481 e. The van der Waals surface area contributed by atoms with Crippen molar-refractivity contribution >= 4 is 35.8 Å². The van der Waals surface area contributed by atoms with Gasteiger partial charge >= 0.3 is 35.8 Å². The van der Waals surface area contributed by atoms with E-state index in [-0.39, 0.29) is 25.2 Å². The lowest BCUT2D eigenvalue weighted by Crippen LogP contribution is -2.42. The number of nitrogens with two attached hydrogens (primary N) is 1. The van der Waals surface area contributed by atoms with Crippen LogP contribution in [0, 0.1) is 23.7 Å². The average molecular weight is 722 g/mol. The van der Waals surface area contributed by atoms with Crippen LogP contribution in [0.5, 0.6) is 0 Å². The summed E-state index contributed by atoms with van der Waals surface area (Å²) in [6.07, 6.45) is -3.74. The van der Waals surface area contributed by atoms with Gasteiger partial charge in [0.25, 0.3) is 0 Å². The number of hydrogen-bond acceptors (Lipinski definition) is 12. The van der Waals surface area contributed by atoms with Gasteiger partial charge in [0.15, 0.2) is 0 Å². The number of carboxylic acids is 4. The summed E-state index contributed by atoms with van der Waals surface area (Å²) in [6, 6.07) is -0.476. The Kier molecular flexibility index (Phi) is 23.1. The maximum Gasteiger partial charge on any atom is 0.307 e. The van der Waals surface area contributed by atoms with Crippen molar-refractivity contribution in [2.24, 2.45) is 29.4 Å². The SMILES string of the molecule is CCCC[C@@H](C)[C@@H](OC(=O)C[C@@H](CC(=O)O)C(=O)O)[C@H](C[C@@H](C)C[C@H](O)CCCC[C@H](O)C[C@H](O)[C@H](C)N)OC(=O)C[C@@H](CC(=O)O)C(=O)O. The van der Waals surface area contributed by atoms with Crippen molar-refractivity contribution in [3.63, 3.8) is 0 Å². The molecule has 290 valence electrons. The molecule has 0 bridgehead atoms. The van der Waals surface area contributed by atoms with Gasteiger partial charge in [0.05, 0.1) is 55.8 Å². The third kappa shape index (κ3) is 21.0. The number of rotatable bonds is 29. The Balaban J connectivity index is 5.98. The number of aliphatic hydroxyl groups is 3. The van der Waals surface area contributed by atoms with E-state index in [1.165, 1.54) is 0 Å². The molecule has 0 aromatic carbocycles. The predicted molar refractivity (Wildman–Crippen MR) is 178 cm³/mol. The first-order valence-corrected chi connectivity index (χ1v) is 17.3. The van der Waals surface area contributed by atoms with Crippen LogP contribution in [0.3, 0.4) is 0 Å². The Morgan fingerprint density at radius 1 is 0.620 bits per heavy atom. The number of unbranched alkanes of at least 4 members (excludes halogenated alkanes) is 2. The van der Waals surface area contributed by atoms with Gasteiger partial charge in [-0.3, -0.25) is 28.8 Å². The first-order chi connectivity index (χ1) is 23.3. The smallest absolute Gasteiger partial charge is 0.307 e. The molecule has 0 spiro atoms. The van der Waals surface area contributed by atoms with Gasteiger partial charge in [0.2, 0.25) is 0 Å². The lowest BCUT2D eigenvalue weighted by Gasteiger charge is -2.33. The van der Waals surface area contributed by atoms with E-state index in [4.69, 9.17) is 25.4 Å². The highest BCUT2D eigenvalue weighted by Crippen LogP contribution is 2.29. The van der Waals surface area contributed by atoms with Crippen molar-refractivity contribution in [3.8, 4) is 0 Å². The Morgan fingerprint density at radius 3 is 1.50 bits per heavy atom. The molecule has 0 unspecified atom stereocenters. The Morgan fingerprint density at radius 2 is 1.08 bits per heavy atom. The van der Waals surface area contributed by atoms with E-state index in [0.29, 0.717) is 38.5 Å². The first-order valence-electron chi connectivity index (χ1n) is 17.3. The molecule has 16 nitrogen and oxygen atoms in total. The molecule has 16 heteroatoms. The maximum absolute atomic E-state index is 13.0. The number of hydrogen-bond donors (Lipinski definition) is 8. The minimum atomic E-state index is -1.59. The molecule has 0 saturated carbocycles. The molecule has 0 aliphatic carbocycles. The standard InChI is InChI=1S/C34H59NO15/c1-5-6-9-20(3)32(50-31(44)17-23(34(47)48)15-29(41)42)27(49-30(43)16-22(33(45)46)14-28(39)40)13-19(2)12-24(36)10-7-8-11-25(37)18-26(38)21(4)35/h19-27,32,36-38H,5-18,35H2,1-4H3,(H,39,40)(H,41,42)(H,45,46)(H,47,48)/t19-,20+,21-,22+,23+,24+,25-,26-,27-,32+/m0/s1. The molecule has 0 aliphatic heterocycles. The van der Waals surface area contributed by atoms with E-state index < -0.39 is 116 Å². The fourth-order valence-electron chi connectivity index (χ4n) is 5.68. The normalized spacial score (nSPS) is 17.5. The number of carbonyl (C=O) groups excluding carboxylic acids is 2. The Hall–Kier alpha value is -3.34. The topological polar surface area (TPSA) is 289 Å². The maximum atomic E-state index is 13.0. The zero-order valence-corrected chi connectivity index (χ0v) is 29.6. The number of aliphatic hydroxyl groups excluding tert-OH is 3. The van der Waals surface area contributed by atoms with Crippen LogP contribution in [-0.2, 0) is 38.2 Å². The van der Waals surface area contributed by atoms with Gasteiger partial charge in [-0.1, -0.05) is 46.5 Å². The van der Waals surface area contributed by atoms with E-state index in [1.54, 1.807) is 20.8 Å². The van der Waals surface area contributed by atoms with Crippen LogP contribution < -0.4 is 5.73 Å². The van der Waals surface area contributed by atoms with Gasteiger partial charge in [-0.25, -0.2) is 0 Å². The molecule has 50 heavy (non-hydrogen) atoms. The average Bonchev–Trinajstić information content (AvgIpc) is 2.99. The number of esters is 2. The van der Waals surface area contributed by atoms with Crippen LogP contribution in [0.25, 0.3) is 0 Å². The predicted octanol–water partition coefficient (Wildman–Crippen LogP) is 2.56. The molecule has 0 saturated heterocycles. The number of carbonyl (C=O) groups is 6. The van der Waals surface area contributed by atoms with Crippen LogP contribution in [-0.4, -0.2) is 108 Å². The van der Waals surface area contributed by atoms with Crippen molar-refractivity contribution < 1.29 is 74.0 Å². The highest BCUT2D eigenvalue weighted by atomic mass is 16.6. The van der Waals surface area contributed by atoms with E-state index in [0.717, 1.165) is 6.42 Å². The number of carboxylic acid groups (broad SMARTS) is 4. The second kappa shape index (κ2) is 24.7. The van der Waals surface area contributed by atoms with E-state index in [1.807, 2.05) is 6.92 Å². The molecule has 0 rings (SSSR count). The van der Waals surface area contributed by atoms with E-state index in [9.17, 15) is 54.3 Å². The zero-order chi connectivity index (χ0) is 38.6. The molecular formula is C34H59NO15. The van der Waals surface area contributed by atoms with E-state index in [2.05, 4.69) is 0 Å². The molecule has 9 N–H and O–H groups in total. The van der Waals surface area contributed by atoms with Gasteiger partial charge < -0.3 is 51.0 Å². The Labute approximate surface area is 293 Å². The molecule has 0 radical (unpaired) electrons. The van der Waals surface area contributed by atoms with Crippen LogP contribution in [0.15, 0.2) is 0 Å². The summed E-state index contributed by atoms with van der Waals surface area (Å²) < 4.78 is 11.4. The molecular weight excluding hydrogens is 662 g/mol. The van der Waals surface area contributed by atoms with E-state index >= 15 is 0 Å². The van der Waals surface area contributed by atoms with Gasteiger partial charge in [0, 0.05) is 12.5 Å². The fourth-order valence-corrected chi connectivity index (χ4v) is 5.68. The van der Waals surface area contributed by atoms with Crippen LogP contribution in [0.1, 0.15) is 118 Å². The molecule has 0 aromatic heterocycles. The summed E-state index contributed by atoms with van der Waals surface area (Å²) in [5.41, 5.74) is 5.63. The monoisotopic (exact) mass is 721 g/mol. The van der Waals surface area contributed by atoms with Crippen molar-refractivity contribution in [2.45, 2.75) is 154 Å². The van der Waals surface area contributed by atoms with Gasteiger partial charge in [-0.15, -0.1) is 0 Å². The molecule has 0 heterocycles. The zero-order valence-electron chi connectivity index (χ0n) is 29.6. The lowest BCUT2D eigenvalue weighted by atomic mass is 9.87. The second-order valence-electron chi connectivity index (χ2n) is 13.6. The molecule has 0 aliphatic rings. The van der Waals surface area contributed by atoms with Gasteiger partial charge in [-0.2, -0.15) is 0 Å². The highest BCUT2D eigenvalue weighted by Gasteiger charge is 2.37. The quantitative estimate of drug-likeness (QED) is 0.0407. The molecule has 0 aromatic rings. The van der Waals surface area contributed by atoms with Crippen molar-refractivity contribution in [3.05, 3.63) is 0 Å². The minimum absolute atomic E-state index is 0.0270. The summed E-state index contributed by atoms with van der Waals surface area (Å²) in [7, 11) is 0. The number of ether oxygens (including phenoxy) is 2. The van der Waals surface area contributed by atoms with Crippen molar-refractivity contribution in [1.29, 1.82) is 0 Å². The first kappa shape index (κ1) is 46.7. The molecule has 0 amide bonds. The highest BCUT2D eigenvalue weighted by molar-refractivity contribution is 5.83. The summed E-state index contributed by atoms with van der Waals surface area (Å²) in [5.74, 6) is -12.0. The molecule has 10 atom stereocenters. The third-order valence-electron chi connectivity index (χ3n) is 8.61. The van der Waals surface area contributed by atoms with Gasteiger partial charge in [-0.05, 0) is 50.9 Å². The lowest BCUT2D eigenvalue weighted by molar-refractivity contribution is -0.177. The minimum Gasteiger partial charge on any atom is -0.481 e. The summed E-state index contributed by atoms with van der Waals surface area (Å²) in [5, 5.41) is 67.8. The summed E-state index contributed by atoms with van der Waals surface area (Å²) in [4.78, 5) is 71.6. The van der Waals surface area contributed by atoms with Gasteiger partial charge in [0.1, 0.15) is 12.2 Å². The summed E-state index contributed by atoms with van der Waals surface area (Å²) in [6.45, 7) is 7.06. The second-order valence-corrected chi connectivity index (χ2v) is 13.6. The fraction of sp³-hybridized carbons (Fsp3) is 0.824.